The maximum absolute atomic E-state index is 11.8. The summed E-state index contributed by atoms with van der Waals surface area (Å²) in [5.74, 6) is 6.17. The van der Waals surface area contributed by atoms with Crippen molar-refractivity contribution in [2.75, 3.05) is 12.5 Å². The van der Waals surface area contributed by atoms with E-state index >= 15 is 0 Å². The molecule has 4 heteroatoms. The fraction of sp³-hybridized carbons (Fsp3) is 0.273. The lowest BCUT2D eigenvalue weighted by atomic mass is 10.2. The van der Waals surface area contributed by atoms with Crippen molar-refractivity contribution in [3.8, 4) is 17.6 Å². The third-order valence-electron chi connectivity index (χ3n) is 1.53. The molecule has 0 saturated carbocycles. The van der Waals surface area contributed by atoms with Crippen molar-refractivity contribution in [1.29, 1.82) is 0 Å². The molecule has 0 bridgehead atoms. The number of hydrogen-bond donors (Lipinski definition) is 0. The van der Waals surface area contributed by atoms with Crippen LogP contribution in [0.15, 0.2) is 24.3 Å². The van der Waals surface area contributed by atoms with Crippen LogP contribution in [0.1, 0.15) is 5.56 Å². The van der Waals surface area contributed by atoms with E-state index in [0.717, 1.165) is 5.56 Å². The molecule has 0 amide bonds. The number of alkyl halides is 3. The Bertz CT molecular complexity index is 351. The molecule has 0 radical (unpaired) electrons. The molecular weight excluding hydrogens is 222 g/mol. The molecule has 0 saturated heterocycles. The Hall–Kier alpha value is -1.27. The molecule has 0 spiro atoms. The first kappa shape index (κ1) is 11.8. The van der Waals surface area contributed by atoms with Gasteiger partial charge in [0.15, 0.2) is 0 Å². The average Bonchev–Trinajstić information content (AvgIpc) is 2.25. The second-order valence-electron chi connectivity index (χ2n) is 2.66. The largest absolute Gasteiger partial charge is 0.488 e. The minimum atomic E-state index is -2.46. The van der Waals surface area contributed by atoms with E-state index in [1.165, 1.54) is 0 Å². The van der Waals surface area contributed by atoms with Crippen LogP contribution in [0.2, 0.25) is 0 Å². The van der Waals surface area contributed by atoms with Crippen molar-refractivity contribution < 1.29 is 13.5 Å². The average molecular weight is 231 g/mol. The van der Waals surface area contributed by atoms with Gasteiger partial charge in [0.25, 0.3) is 6.43 Å². The molecule has 0 unspecified atom stereocenters. The van der Waals surface area contributed by atoms with Crippen molar-refractivity contribution in [2.45, 2.75) is 6.43 Å². The second-order valence-corrected chi connectivity index (χ2v) is 2.93. The van der Waals surface area contributed by atoms with Gasteiger partial charge in [0.1, 0.15) is 12.4 Å². The van der Waals surface area contributed by atoms with E-state index in [9.17, 15) is 8.78 Å². The first-order valence-corrected chi connectivity index (χ1v) is 4.81. The Balaban J connectivity index is 2.56. The van der Waals surface area contributed by atoms with E-state index in [2.05, 4.69) is 11.8 Å². The zero-order chi connectivity index (χ0) is 11.1. The van der Waals surface area contributed by atoms with Crippen LogP contribution >= 0.6 is 11.6 Å². The Labute approximate surface area is 92.0 Å². The topological polar surface area (TPSA) is 9.23 Å². The highest BCUT2D eigenvalue weighted by molar-refractivity contribution is 6.19. The Morgan fingerprint density at radius 2 is 1.93 bits per heavy atom. The lowest BCUT2D eigenvalue weighted by Gasteiger charge is -2.04. The van der Waals surface area contributed by atoms with E-state index in [-0.39, 0.29) is 5.88 Å². The van der Waals surface area contributed by atoms with Gasteiger partial charge < -0.3 is 4.74 Å². The van der Waals surface area contributed by atoms with E-state index in [4.69, 9.17) is 16.3 Å². The molecule has 0 aliphatic carbocycles. The third-order valence-corrected chi connectivity index (χ3v) is 1.66. The molecule has 0 aliphatic heterocycles. The zero-order valence-electron chi connectivity index (χ0n) is 7.84. The lowest BCUT2D eigenvalue weighted by Crippen LogP contribution is -2.06. The van der Waals surface area contributed by atoms with Crippen molar-refractivity contribution in [1.82, 2.24) is 0 Å². The zero-order valence-corrected chi connectivity index (χ0v) is 8.60. The highest BCUT2D eigenvalue weighted by Gasteiger charge is 2.02. The highest BCUT2D eigenvalue weighted by atomic mass is 35.5. The summed E-state index contributed by atoms with van der Waals surface area (Å²) in [6.45, 7) is -0.591. The number of rotatable bonds is 3. The van der Waals surface area contributed by atoms with Crippen LogP contribution in [0.25, 0.3) is 0 Å². The predicted molar refractivity (Wildman–Crippen MR) is 55.5 cm³/mol. The van der Waals surface area contributed by atoms with Gasteiger partial charge in [0.05, 0.1) is 5.88 Å². The molecule has 0 aliphatic rings. The predicted octanol–water partition coefficient (Wildman–Crippen LogP) is 2.92. The fourth-order valence-electron chi connectivity index (χ4n) is 0.929. The number of ether oxygens (including phenoxy) is 1. The van der Waals surface area contributed by atoms with Crippen molar-refractivity contribution in [3.63, 3.8) is 0 Å². The first-order chi connectivity index (χ1) is 7.22. The Morgan fingerprint density at radius 3 is 2.47 bits per heavy atom. The minimum Gasteiger partial charge on any atom is -0.488 e. The van der Waals surface area contributed by atoms with Gasteiger partial charge in [-0.2, -0.15) is 0 Å². The summed E-state index contributed by atoms with van der Waals surface area (Å²) in [5, 5.41) is 0. The number of halogens is 3. The van der Waals surface area contributed by atoms with Crippen molar-refractivity contribution in [2.24, 2.45) is 0 Å². The van der Waals surface area contributed by atoms with E-state index in [0.29, 0.717) is 5.75 Å². The van der Waals surface area contributed by atoms with Crippen molar-refractivity contribution in [3.05, 3.63) is 29.8 Å². The summed E-state index contributed by atoms with van der Waals surface area (Å²) in [6.07, 6.45) is -2.46. The SMILES string of the molecule is FC(F)COc1ccc(C#CCCl)cc1. The van der Waals surface area contributed by atoms with Crippen LogP contribution in [-0.4, -0.2) is 18.9 Å². The summed E-state index contributed by atoms with van der Waals surface area (Å²) in [4.78, 5) is 0. The summed E-state index contributed by atoms with van der Waals surface area (Å²) < 4.78 is 28.4. The van der Waals surface area contributed by atoms with Gasteiger partial charge >= 0.3 is 0 Å². The molecule has 1 rings (SSSR count). The van der Waals surface area contributed by atoms with Crippen LogP contribution in [-0.2, 0) is 0 Å². The van der Waals surface area contributed by atoms with Gasteiger partial charge in [0.2, 0.25) is 0 Å². The fourth-order valence-corrected chi connectivity index (χ4v) is 0.996. The highest BCUT2D eigenvalue weighted by Crippen LogP contribution is 2.12. The monoisotopic (exact) mass is 230 g/mol. The number of benzene rings is 1. The maximum Gasteiger partial charge on any atom is 0.272 e. The summed E-state index contributed by atoms with van der Waals surface area (Å²) in [7, 11) is 0. The Morgan fingerprint density at radius 1 is 1.27 bits per heavy atom. The van der Waals surface area contributed by atoms with Gasteiger partial charge in [-0.05, 0) is 24.3 Å². The number of hydrogen-bond acceptors (Lipinski definition) is 1. The van der Waals surface area contributed by atoms with Gasteiger partial charge in [-0.1, -0.05) is 11.8 Å². The smallest absolute Gasteiger partial charge is 0.272 e. The molecule has 0 fully saturated rings. The Kier molecular flexibility index (Phi) is 4.92. The quantitative estimate of drug-likeness (QED) is 0.573. The summed E-state index contributed by atoms with van der Waals surface area (Å²) >= 11 is 5.39. The van der Waals surface area contributed by atoms with Crippen LogP contribution in [0, 0.1) is 11.8 Å². The molecule has 1 nitrogen and oxygen atoms in total. The molecule has 1 aromatic rings. The minimum absolute atomic E-state index is 0.267. The molecule has 1 aromatic carbocycles. The van der Waals surface area contributed by atoms with Crippen LogP contribution in [0.3, 0.4) is 0 Å². The van der Waals surface area contributed by atoms with E-state index in [1.54, 1.807) is 24.3 Å². The molecule has 80 valence electrons. The molecule has 0 N–H and O–H groups in total. The molecule has 0 aromatic heterocycles. The standard InChI is InChI=1S/C11H9ClF2O/c12-7-1-2-9-3-5-10(6-4-9)15-8-11(13)14/h3-6,11H,7-8H2. The van der Waals surface area contributed by atoms with Gasteiger partial charge in [-0.3, -0.25) is 0 Å². The summed E-state index contributed by atoms with van der Waals surface area (Å²) in [5.41, 5.74) is 0.778. The maximum atomic E-state index is 11.8. The van der Waals surface area contributed by atoms with Crippen molar-refractivity contribution >= 4 is 11.6 Å². The molecular formula is C11H9ClF2O. The second kappa shape index (κ2) is 6.26. The third kappa shape index (κ3) is 4.66. The van der Waals surface area contributed by atoms with E-state index in [1.807, 2.05) is 0 Å². The van der Waals surface area contributed by atoms with Gasteiger partial charge in [-0.15, -0.1) is 11.6 Å². The van der Waals surface area contributed by atoms with Gasteiger partial charge in [-0.25, -0.2) is 8.78 Å². The van der Waals surface area contributed by atoms with Crippen LogP contribution in [0.4, 0.5) is 8.78 Å². The molecule has 0 heterocycles. The van der Waals surface area contributed by atoms with Gasteiger partial charge in [0, 0.05) is 5.56 Å². The molecule has 0 atom stereocenters. The van der Waals surface area contributed by atoms with Crippen LogP contribution < -0.4 is 4.74 Å². The first-order valence-electron chi connectivity index (χ1n) is 4.28. The normalized spacial score (nSPS) is 9.60. The summed E-state index contributed by atoms with van der Waals surface area (Å²) in [6, 6.07) is 6.59. The molecule has 15 heavy (non-hydrogen) atoms. The van der Waals surface area contributed by atoms with Crippen LogP contribution in [0.5, 0.6) is 5.75 Å². The lowest BCUT2D eigenvalue weighted by molar-refractivity contribution is 0.0819. The van der Waals surface area contributed by atoms with E-state index < -0.39 is 13.0 Å².